The molecule has 0 radical (unpaired) electrons. The smallest absolute Gasteiger partial charge is 0.278 e. The van der Waals surface area contributed by atoms with Crippen LogP contribution in [0.1, 0.15) is 19.3 Å². The van der Waals surface area contributed by atoms with Crippen molar-refractivity contribution in [3.63, 3.8) is 0 Å². The standard InChI is InChI=1S/C17H22N4O5S.ClH/c18-8-2-12-26-13-6-10-20(11-7-13)27(24,25)16-5-4-15(21(22)23)14-3-1-9-19-17(14)16;/h1,3-5,9,13H,2,6-8,10-12,18H2;1H. The van der Waals surface area contributed by atoms with Crippen molar-refractivity contribution in [1.29, 1.82) is 0 Å². The molecule has 3 rings (SSSR count). The first-order valence-corrected chi connectivity index (χ1v) is 10.2. The van der Waals surface area contributed by atoms with Crippen molar-refractivity contribution in [2.75, 3.05) is 26.2 Å². The number of hydrogen-bond acceptors (Lipinski definition) is 7. The average Bonchev–Trinajstić information content (AvgIpc) is 2.67. The Hall–Kier alpha value is -1.85. The number of non-ortho nitro benzene ring substituents is 1. The minimum atomic E-state index is -3.81. The number of halogens is 1. The summed E-state index contributed by atoms with van der Waals surface area (Å²) in [5.74, 6) is 0. The minimum Gasteiger partial charge on any atom is -0.378 e. The van der Waals surface area contributed by atoms with Gasteiger partial charge < -0.3 is 10.5 Å². The molecule has 0 saturated carbocycles. The number of aromatic nitrogens is 1. The number of rotatable bonds is 7. The molecule has 2 N–H and O–H groups in total. The first-order valence-electron chi connectivity index (χ1n) is 8.79. The molecule has 28 heavy (non-hydrogen) atoms. The minimum absolute atomic E-state index is 0. The van der Waals surface area contributed by atoms with Crippen molar-refractivity contribution in [3.05, 3.63) is 40.6 Å². The summed E-state index contributed by atoms with van der Waals surface area (Å²) in [7, 11) is -3.81. The van der Waals surface area contributed by atoms with Crippen LogP contribution in [-0.4, -0.2) is 55.0 Å². The Morgan fingerprint density at radius 3 is 2.64 bits per heavy atom. The van der Waals surface area contributed by atoms with Crippen molar-refractivity contribution in [3.8, 4) is 0 Å². The quantitative estimate of drug-likeness (QED) is 0.404. The van der Waals surface area contributed by atoms with Gasteiger partial charge in [0.2, 0.25) is 10.0 Å². The summed E-state index contributed by atoms with van der Waals surface area (Å²) >= 11 is 0. The summed E-state index contributed by atoms with van der Waals surface area (Å²) in [6.07, 6.45) is 3.43. The first kappa shape index (κ1) is 22.4. The van der Waals surface area contributed by atoms with Crippen LogP contribution in [0.4, 0.5) is 5.69 Å². The molecule has 0 aliphatic carbocycles. The predicted molar refractivity (Wildman–Crippen MR) is 107 cm³/mol. The van der Waals surface area contributed by atoms with Crippen LogP contribution >= 0.6 is 12.4 Å². The van der Waals surface area contributed by atoms with Gasteiger partial charge in [0.1, 0.15) is 4.90 Å². The van der Waals surface area contributed by atoms with Crippen LogP contribution in [0.2, 0.25) is 0 Å². The molecule has 9 nitrogen and oxygen atoms in total. The molecule has 0 spiro atoms. The molecule has 1 aliphatic heterocycles. The van der Waals surface area contributed by atoms with Crippen molar-refractivity contribution < 1.29 is 18.1 Å². The van der Waals surface area contributed by atoms with Gasteiger partial charge in [-0.1, -0.05) is 0 Å². The van der Waals surface area contributed by atoms with E-state index in [4.69, 9.17) is 10.5 Å². The molecule has 2 aromatic rings. The number of nitrogens with zero attached hydrogens (tertiary/aromatic N) is 3. The molecule has 1 aliphatic rings. The molecule has 154 valence electrons. The summed E-state index contributed by atoms with van der Waals surface area (Å²) in [6, 6.07) is 5.55. The lowest BCUT2D eigenvalue weighted by atomic mass is 10.1. The van der Waals surface area contributed by atoms with Gasteiger partial charge in [-0.15, -0.1) is 12.4 Å². The van der Waals surface area contributed by atoms with E-state index < -0.39 is 14.9 Å². The highest BCUT2D eigenvalue weighted by atomic mass is 35.5. The van der Waals surface area contributed by atoms with E-state index >= 15 is 0 Å². The van der Waals surface area contributed by atoms with Crippen LogP contribution in [-0.2, 0) is 14.8 Å². The van der Waals surface area contributed by atoms with Crippen molar-refractivity contribution >= 4 is 39.0 Å². The Kier molecular flexibility index (Phi) is 7.67. The van der Waals surface area contributed by atoms with Crippen molar-refractivity contribution in [2.45, 2.75) is 30.3 Å². The molecule has 0 amide bonds. The lowest BCUT2D eigenvalue weighted by Gasteiger charge is -2.31. The molecular formula is C17H23ClN4O5S. The lowest BCUT2D eigenvalue weighted by Crippen LogP contribution is -2.41. The third kappa shape index (κ3) is 4.58. The van der Waals surface area contributed by atoms with Crippen LogP contribution < -0.4 is 5.73 Å². The Balaban J connectivity index is 0.00000280. The number of nitro benzene ring substituents is 1. The van der Waals surface area contributed by atoms with Gasteiger partial charge in [-0.25, -0.2) is 8.42 Å². The highest BCUT2D eigenvalue weighted by Gasteiger charge is 2.32. The van der Waals surface area contributed by atoms with E-state index in [1.807, 2.05) is 0 Å². The number of fused-ring (bicyclic) bond motifs is 1. The second-order valence-electron chi connectivity index (χ2n) is 6.36. The number of nitrogens with two attached hydrogens (primary N) is 1. The highest BCUT2D eigenvalue weighted by molar-refractivity contribution is 7.89. The normalized spacial score (nSPS) is 16.0. The third-order valence-electron chi connectivity index (χ3n) is 4.63. The fourth-order valence-electron chi connectivity index (χ4n) is 3.21. The van der Waals surface area contributed by atoms with Gasteiger partial charge in [0.05, 0.1) is 21.9 Å². The zero-order valence-corrected chi connectivity index (χ0v) is 16.8. The highest BCUT2D eigenvalue weighted by Crippen LogP contribution is 2.32. The van der Waals surface area contributed by atoms with Crippen LogP contribution in [0.5, 0.6) is 0 Å². The molecule has 1 fully saturated rings. The van der Waals surface area contributed by atoms with E-state index in [0.29, 0.717) is 39.1 Å². The lowest BCUT2D eigenvalue weighted by molar-refractivity contribution is -0.383. The fourth-order valence-corrected chi connectivity index (χ4v) is 4.83. The van der Waals surface area contributed by atoms with Gasteiger partial charge >= 0.3 is 0 Å². The van der Waals surface area contributed by atoms with Gasteiger partial charge in [0, 0.05) is 32.0 Å². The van der Waals surface area contributed by atoms with E-state index in [-0.39, 0.29) is 40.0 Å². The Morgan fingerprint density at radius 2 is 2.00 bits per heavy atom. The Morgan fingerprint density at radius 1 is 1.29 bits per heavy atom. The molecule has 2 heterocycles. The van der Waals surface area contributed by atoms with Gasteiger partial charge in [-0.2, -0.15) is 4.31 Å². The summed E-state index contributed by atoms with van der Waals surface area (Å²) in [4.78, 5) is 14.8. The van der Waals surface area contributed by atoms with E-state index in [1.165, 1.54) is 28.7 Å². The van der Waals surface area contributed by atoms with Gasteiger partial charge in [0.25, 0.3) is 5.69 Å². The average molecular weight is 431 g/mol. The topological polar surface area (TPSA) is 129 Å². The second-order valence-corrected chi connectivity index (χ2v) is 8.26. The molecule has 11 heteroatoms. The number of nitro groups is 1. The largest absolute Gasteiger partial charge is 0.378 e. The number of benzene rings is 1. The summed E-state index contributed by atoms with van der Waals surface area (Å²) < 4.78 is 33.3. The van der Waals surface area contributed by atoms with Gasteiger partial charge in [-0.05, 0) is 44.0 Å². The van der Waals surface area contributed by atoms with Crippen molar-refractivity contribution in [2.24, 2.45) is 5.73 Å². The molecule has 0 atom stereocenters. The summed E-state index contributed by atoms with van der Waals surface area (Å²) in [6.45, 7) is 1.81. The number of ether oxygens (including phenoxy) is 1. The zero-order valence-electron chi connectivity index (χ0n) is 15.2. The Labute approximate surface area is 169 Å². The van der Waals surface area contributed by atoms with Crippen LogP contribution in [0.15, 0.2) is 35.4 Å². The molecule has 1 saturated heterocycles. The number of pyridine rings is 1. The van der Waals surface area contributed by atoms with Gasteiger partial charge in [-0.3, -0.25) is 15.1 Å². The SMILES string of the molecule is Cl.NCCCOC1CCN(S(=O)(=O)c2ccc([N+](=O)[O-])c3cccnc23)CC1. The monoisotopic (exact) mass is 430 g/mol. The van der Waals surface area contributed by atoms with E-state index in [9.17, 15) is 18.5 Å². The fraction of sp³-hybridized carbons (Fsp3) is 0.471. The summed E-state index contributed by atoms with van der Waals surface area (Å²) in [5, 5.41) is 11.4. The zero-order chi connectivity index (χ0) is 19.4. The van der Waals surface area contributed by atoms with Crippen LogP contribution in [0.3, 0.4) is 0 Å². The van der Waals surface area contributed by atoms with Crippen LogP contribution in [0.25, 0.3) is 10.9 Å². The molecule has 0 unspecified atom stereocenters. The summed E-state index contributed by atoms with van der Waals surface area (Å²) in [5.41, 5.74) is 5.40. The molecule has 1 aromatic heterocycles. The Bertz CT molecular complexity index is 932. The van der Waals surface area contributed by atoms with E-state index in [2.05, 4.69) is 4.98 Å². The predicted octanol–water partition coefficient (Wildman–Crippen LogP) is 2.08. The molecular weight excluding hydrogens is 408 g/mol. The second kappa shape index (κ2) is 9.57. The van der Waals surface area contributed by atoms with E-state index in [0.717, 1.165) is 6.42 Å². The maximum absolute atomic E-state index is 13.1. The maximum atomic E-state index is 13.1. The number of hydrogen-bond donors (Lipinski definition) is 1. The maximum Gasteiger partial charge on any atom is 0.278 e. The van der Waals surface area contributed by atoms with Crippen molar-refractivity contribution in [1.82, 2.24) is 9.29 Å². The van der Waals surface area contributed by atoms with E-state index in [1.54, 1.807) is 6.07 Å². The number of piperidine rings is 1. The third-order valence-corrected chi connectivity index (χ3v) is 6.56. The molecule has 0 bridgehead atoms. The van der Waals surface area contributed by atoms with Gasteiger partial charge in [0.15, 0.2) is 0 Å². The first-order chi connectivity index (χ1) is 12.9. The molecule has 1 aromatic carbocycles. The van der Waals surface area contributed by atoms with Crippen LogP contribution in [0, 0.1) is 10.1 Å². The number of sulfonamides is 1.